The quantitative estimate of drug-likeness (QED) is 0.597. The van der Waals surface area contributed by atoms with Gasteiger partial charge >= 0.3 is 6.09 Å². The van der Waals surface area contributed by atoms with Gasteiger partial charge in [-0.25, -0.2) is 4.79 Å². The van der Waals surface area contributed by atoms with E-state index in [1.165, 1.54) is 0 Å². The van der Waals surface area contributed by atoms with Crippen LogP contribution in [-0.2, 0) is 9.53 Å². The Hall–Kier alpha value is -1.06. The van der Waals surface area contributed by atoms with Gasteiger partial charge in [0.15, 0.2) is 0 Å². The van der Waals surface area contributed by atoms with E-state index in [1.807, 2.05) is 20.8 Å². The van der Waals surface area contributed by atoms with Crippen LogP contribution in [0.1, 0.15) is 52.9 Å². The van der Waals surface area contributed by atoms with Crippen molar-refractivity contribution in [1.82, 2.24) is 5.32 Å². The third kappa shape index (κ3) is 5.20. The lowest BCUT2D eigenvalue weighted by atomic mass is 9.96. The largest absolute Gasteiger partial charge is 0.444 e. The Labute approximate surface area is 103 Å². The van der Waals surface area contributed by atoms with Crippen LogP contribution in [0.4, 0.5) is 4.79 Å². The number of nitrogens with one attached hydrogen (secondary N) is 1. The highest BCUT2D eigenvalue weighted by molar-refractivity contribution is 5.69. The molecule has 1 rings (SSSR count). The molecule has 0 aromatic rings. The highest BCUT2D eigenvalue weighted by Crippen LogP contribution is 2.22. The Bertz CT molecular complexity index is 270. The maximum absolute atomic E-state index is 11.7. The summed E-state index contributed by atoms with van der Waals surface area (Å²) >= 11 is 0. The highest BCUT2D eigenvalue weighted by Gasteiger charge is 2.26. The zero-order chi connectivity index (χ0) is 12.9. The number of carbonyl (C=O) groups is 2. The highest BCUT2D eigenvalue weighted by atomic mass is 16.6. The van der Waals surface area contributed by atoms with Crippen LogP contribution in [0.25, 0.3) is 0 Å². The molecule has 1 fully saturated rings. The Morgan fingerprint density at radius 3 is 2.47 bits per heavy atom. The topological polar surface area (TPSA) is 55.4 Å². The molecule has 98 valence electrons. The lowest BCUT2D eigenvalue weighted by Gasteiger charge is -2.25. The van der Waals surface area contributed by atoms with Gasteiger partial charge in [0.05, 0.1) is 0 Å². The Kier molecular flexibility index (Phi) is 4.97. The molecule has 0 unspecified atom stereocenters. The number of carbonyl (C=O) groups excluding carboxylic acids is 2. The van der Waals surface area contributed by atoms with Gasteiger partial charge in [-0.15, -0.1) is 0 Å². The SMILES string of the molecule is CC(C)(C)OC(=O)N[C@H]1CCCCC[C@H]1C=O. The smallest absolute Gasteiger partial charge is 0.407 e. The minimum atomic E-state index is -0.495. The van der Waals surface area contributed by atoms with E-state index in [0.29, 0.717) is 0 Å². The van der Waals surface area contributed by atoms with Crippen molar-refractivity contribution in [3.63, 3.8) is 0 Å². The van der Waals surface area contributed by atoms with Gasteiger partial charge in [0, 0.05) is 12.0 Å². The summed E-state index contributed by atoms with van der Waals surface area (Å²) in [6.45, 7) is 5.49. The second-order valence-corrected chi connectivity index (χ2v) is 5.69. The van der Waals surface area contributed by atoms with Gasteiger partial charge < -0.3 is 14.8 Å². The fourth-order valence-corrected chi connectivity index (χ4v) is 2.14. The van der Waals surface area contributed by atoms with E-state index in [9.17, 15) is 9.59 Å². The lowest BCUT2D eigenvalue weighted by Crippen LogP contribution is -2.43. The predicted molar refractivity (Wildman–Crippen MR) is 65.8 cm³/mol. The van der Waals surface area contributed by atoms with Gasteiger partial charge in [0.2, 0.25) is 0 Å². The second-order valence-electron chi connectivity index (χ2n) is 5.69. The number of hydrogen-bond acceptors (Lipinski definition) is 3. The van der Waals surface area contributed by atoms with Crippen molar-refractivity contribution >= 4 is 12.4 Å². The molecule has 0 saturated heterocycles. The number of rotatable bonds is 2. The zero-order valence-electron chi connectivity index (χ0n) is 11.0. The number of aldehydes is 1. The Balaban J connectivity index is 2.52. The third-order valence-corrected chi connectivity index (χ3v) is 2.95. The summed E-state index contributed by atoms with van der Waals surface area (Å²) in [4.78, 5) is 22.6. The Morgan fingerprint density at radius 1 is 1.24 bits per heavy atom. The normalized spacial score (nSPS) is 25.8. The number of hydrogen-bond donors (Lipinski definition) is 1. The van der Waals surface area contributed by atoms with Crippen LogP contribution in [-0.4, -0.2) is 24.0 Å². The molecule has 0 radical (unpaired) electrons. The van der Waals surface area contributed by atoms with Crippen molar-refractivity contribution in [1.29, 1.82) is 0 Å². The van der Waals surface area contributed by atoms with Crippen molar-refractivity contribution in [2.45, 2.75) is 64.5 Å². The van der Waals surface area contributed by atoms with Crippen molar-refractivity contribution < 1.29 is 14.3 Å². The summed E-state index contributed by atoms with van der Waals surface area (Å²) in [5.41, 5.74) is -0.495. The number of alkyl carbamates (subject to hydrolysis) is 1. The van der Waals surface area contributed by atoms with Crippen molar-refractivity contribution in [3.05, 3.63) is 0 Å². The first-order valence-corrected chi connectivity index (χ1v) is 6.37. The minimum absolute atomic E-state index is 0.0648. The molecule has 2 atom stereocenters. The first kappa shape index (κ1) is 14.0. The van der Waals surface area contributed by atoms with Crippen LogP contribution in [0, 0.1) is 5.92 Å². The van der Waals surface area contributed by atoms with Crippen LogP contribution in [0.2, 0.25) is 0 Å². The maximum atomic E-state index is 11.7. The standard InChI is InChI=1S/C13H23NO3/c1-13(2,3)17-12(16)14-11-8-6-4-5-7-10(11)9-15/h9-11H,4-8H2,1-3H3,(H,14,16)/t10-,11-/m0/s1. The average molecular weight is 241 g/mol. The molecular formula is C13H23NO3. The van der Waals surface area contributed by atoms with Gasteiger partial charge in [0.1, 0.15) is 11.9 Å². The van der Waals surface area contributed by atoms with E-state index in [0.717, 1.165) is 38.4 Å². The lowest BCUT2D eigenvalue weighted by molar-refractivity contribution is -0.112. The number of amides is 1. The molecule has 0 spiro atoms. The molecular weight excluding hydrogens is 218 g/mol. The van der Waals surface area contributed by atoms with Crippen molar-refractivity contribution in [3.8, 4) is 0 Å². The molecule has 1 amide bonds. The van der Waals surface area contributed by atoms with Crippen LogP contribution < -0.4 is 5.32 Å². The summed E-state index contributed by atoms with van der Waals surface area (Å²) in [6.07, 6.45) is 5.54. The van der Waals surface area contributed by atoms with Gasteiger partial charge in [-0.3, -0.25) is 0 Å². The molecule has 17 heavy (non-hydrogen) atoms. The molecule has 0 aliphatic heterocycles. The molecule has 0 heterocycles. The van der Waals surface area contributed by atoms with Gasteiger partial charge in [-0.1, -0.05) is 19.3 Å². The maximum Gasteiger partial charge on any atom is 0.407 e. The van der Waals surface area contributed by atoms with E-state index in [4.69, 9.17) is 4.74 Å². The van der Waals surface area contributed by atoms with E-state index < -0.39 is 11.7 Å². The third-order valence-electron chi connectivity index (χ3n) is 2.95. The molecule has 4 nitrogen and oxygen atoms in total. The second kappa shape index (κ2) is 6.03. The van der Waals surface area contributed by atoms with Crippen molar-refractivity contribution in [2.75, 3.05) is 0 Å². The van der Waals surface area contributed by atoms with Crippen LogP contribution in [0.15, 0.2) is 0 Å². The summed E-state index contributed by atoms with van der Waals surface area (Å²) < 4.78 is 5.21. The summed E-state index contributed by atoms with van der Waals surface area (Å²) in [5, 5.41) is 2.82. The summed E-state index contributed by atoms with van der Waals surface area (Å²) in [5.74, 6) is -0.0648. The predicted octanol–water partition coefficient (Wildman–Crippen LogP) is 2.66. The van der Waals surface area contributed by atoms with Crippen molar-refractivity contribution in [2.24, 2.45) is 5.92 Å². The molecule has 4 heteroatoms. The molecule has 0 bridgehead atoms. The van der Waals surface area contributed by atoms with Crippen LogP contribution in [0.5, 0.6) is 0 Å². The molecule has 0 aromatic heterocycles. The van der Waals surface area contributed by atoms with E-state index in [-0.39, 0.29) is 12.0 Å². The first-order chi connectivity index (χ1) is 7.92. The summed E-state index contributed by atoms with van der Waals surface area (Å²) in [7, 11) is 0. The average Bonchev–Trinajstić information content (AvgIpc) is 2.39. The summed E-state index contributed by atoms with van der Waals surface area (Å²) in [6, 6.07) is -0.0650. The molecule has 1 saturated carbocycles. The number of ether oxygens (including phenoxy) is 1. The van der Waals surface area contributed by atoms with Gasteiger partial charge in [0.25, 0.3) is 0 Å². The first-order valence-electron chi connectivity index (χ1n) is 6.37. The van der Waals surface area contributed by atoms with E-state index in [1.54, 1.807) is 0 Å². The zero-order valence-corrected chi connectivity index (χ0v) is 11.0. The Morgan fingerprint density at radius 2 is 1.88 bits per heavy atom. The molecule has 1 aliphatic rings. The van der Waals surface area contributed by atoms with Gasteiger partial charge in [-0.2, -0.15) is 0 Å². The molecule has 0 aromatic carbocycles. The fourth-order valence-electron chi connectivity index (χ4n) is 2.14. The van der Waals surface area contributed by atoms with Gasteiger partial charge in [-0.05, 0) is 33.6 Å². The molecule has 1 N–H and O–H groups in total. The van der Waals surface area contributed by atoms with Crippen LogP contribution in [0.3, 0.4) is 0 Å². The van der Waals surface area contributed by atoms with Crippen LogP contribution >= 0.6 is 0 Å². The minimum Gasteiger partial charge on any atom is -0.444 e. The molecule has 1 aliphatic carbocycles. The monoisotopic (exact) mass is 241 g/mol. The fraction of sp³-hybridized carbons (Fsp3) is 0.846. The van der Waals surface area contributed by atoms with E-state index >= 15 is 0 Å². The van der Waals surface area contributed by atoms with E-state index in [2.05, 4.69) is 5.32 Å².